The summed E-state index contributed by atoms with van der Waals surface area (Å²) < 4.78 is 5.22. The quantitative estimate of drug-likeness (QED) is 0.298. The molecule has 2 N–H and O–H groups in total. The van der Waals surface area contributed by atoms with Gasteiger partial charge >= 0.3 is 5.97 Å². The van der Waals surface area contributed by atoms with Crippen molar-refractivity contribution in [2.75, 3.05) is 17.7 Å². The minimum Gasteiger partial charge on any atom is -0.465 e. The van der Waals surface area contributed by atoms with Crippen LogP contribution in [0.15, 0.2) is 78.1 Å². The average Bonchev–Trinajstić information content (AvgIpc) is 2.75. The first-order valence-electron chi connectivity index (χ1n) is 9.46. The van der Waals surface area contributed by atoms with Crippen LogP contribution in [0.2, 0.25) is 0 Å². The number of carbonyl (C=O) groups excluding carboxylic acids is 1. The van der Waals surface area contributed by atoms with E-state index in [2.05, 4.69) is 20.6 Å². The first-order valence-corrected chi connectivity index (χ1v) is 10.4. The largest absolute Gasteiger partial charge is 0.465 e. The van der Waals surface area contributed by atoms with Crippen LogP contribution in [-0.2, 0) is 16.1 Å². The lowest BCUT2D eigenvalue weighted by molar-refractivity contribution is -0.145. The van der Waals surface area contributed by atoms with Gasteiger partial charge in [-0.25, -0.2) is 9.97 Å². The number of benzene rings is 2. The van der Waals surface area contributed by atoms with Crippen molar-refractivity contribution in [2.45, 2.75) is 24.7 Å². The van der Waals surface area contributed by atoms with Crippen molar-refractivity contribution in [3.8, 4) is 0 Å². The fraction of sp³-hybridized carbons (Fsp3) is 0.227. The molecule has 0 aliphatic carbocycles. The number of ether oxygens (including phenoxy) is 1. The summed E-state index contributed by atoms with van der Waals surface area (Å²) in [6, 6.07) is 21.1. The molecule has 0 radical (unpaired) electrons. The van der Waals surface area contributed by atoms with Gasteiger partial charge in [-0.15, -0.1) is 0 Å². The van der Waals surface area contributed by atoms with E-state index in [1.165, 1.54) is 11.8 Å². The van der Waals surface area contributed by atoms with Gasteiger partial charge in [0, 0.05) is 24.2 Å². The third-order valence-electron chi connectivity index (χ3n) is 4.03. The smallest absolute Gasteiger partial charge is 0.324 e. The van der Waals surface area contributed by atoms with E-state index in [0.29, 0.717) is 29.9 Å². The van der Waals surface area contributed by atoms with Crippen molar-refractivity contribution >= 4 is 29.2 Å². The highest BCUT2D eigenvalue weighted by molar-refractivity contribution is 7.99. The summed E-state index contributed by atoms with van der Waals surface area (Å²) in [6.45, 7) is 2.74. The first-order chi connectivity index (χ1) is 14.2. The number of hydrogen-bond donors (Lipinski definition) is 2. The molecule has 0 saturated carbocycles. The summed E-state index contributed by atoms with van der Waals surface area (Å²) in [4.78, 5) is 21.2. The Morgan fingerprint density at radius 1 is 1.07 bits per heavy atom. The molecule has 1 atom stereocenters. The van der Waals surface area contributed by atoms with Gasteiger partial charge in [0.2, 0.25) is 0 Å². The van der Waals surface area contributed by atoms with E-state index >= 15 is 0 Å². The summed E-state index contributed by atoms with van der Waals surface area (Å²) in [6.07, 6.45) is 1.71. The molecular weight excluding hydrogens is 384 g/mol. The van der Waals surface area contributed by atoms with Crippen LogP contribution in [-0.4, -0.2) is 34.3 Å². The Kier molecular flexibility index (Phi) is 8.03. The third kappa shape index (κ3) is 6.89. The van der Waals surface area contributed by atoms with Crippen molar-refractivity contribution in [1.29, 1.82) is 0 Å². The van der Waals surface area contributed by atoms with Crippen LogP contribution in [0.3, 0.4) is 0 Å². The van der Waals surface area contributed by atoms with E-state index in [1.54, 1.807) is 13.1 Å². The number of carbonyl (C=O) groups is 1. The maximum absolute atomic E-state index is 12.3. The van der Waals surface area contributed by atoms with Crippen molar-refractivity contribution < 1.29 is 9.53 Å². The van der Waals surface area contributed by atoms with E-state index in [0.717, 1.165) is 11.3 Å². The van der Waals surface area contributed by atoms with Crippen LogP contribution in [0.25, 0.3) is 0 Å². The lowest BCUT2D eigenvalue weighted by Gasteiger charge is -2.17. The molecule has 0 spiro atoms. The molecule has 1 aromatic heterocycles. The average molecular weight is 409 g/mol. The van der Waals surface area contributed by atoms with Crippen molar-refractivity contribution in [1.82, 2.24) is 15.3 Å². The van der Waals surface area contributed by atoms with Gasteiger partial charge in [0.15, 0.2) is 5.16 Å². The molecule has 0 amide bonds. The van der Waals surface area contributed by atoms with E-state index in [-0.39, 0.29) is 5.97 Å². The SMILES string of the molecule is CCOC(=O)[C@H](CSc1nccc(Nc2ccccc2)n1)NCc1ccccc1. The molecule has 0 bridgehead atoms. The van der Waals surface area contributed by atoms with Gasteiger partial charge in [-0.3, -0.25) is 10.1 Å². The Hall–Kier alpha value is -2.90. The predicted molar refractivity (Wildman–Crippen MR) is 116 cm³/mol. The molecule has 29 heavy (non-hydrogen) atoms. The van der Waals surface area contributed by atoms with Crippen LogP contribution < -0.4 is 10.6 Å². The summed E-state index contributed by atoms with van der Waals surface area (Å²) >= 11 is 1.42. The van der Waals surface area contributed by atoms with Crippen LogP contribution >= 0.6 is 11.8 Å². The van der Waals surface area contributed by atoms with Gasteiger partial charge in [-0.2, -0.15) is 0 Å². The van der Waals surface area contributed by atoms with E-state index in [4.69, 9.17) is 4.74 Å². The van der Waals surface area contributed by atoms with Crippen LogP contribution in [0, 0.1) is 0 Å². The number of anilines is 2. The predicted octanol–water partition coefficient (Wildman–Crippen LogP) is 4.03. The minimum absolute atomic E-state index is 0.269. The molecule has 1 heterocycles. The second-order valence-corrected chi connectivity index (χ2v) is 7.18. The lowest BCUT2D eigenvalue weighted by atomic mass is 10.2. The number of para-hydroxylation sites is 1. The van der Waals surface area contributed by atoms with Crippen molar-refractivity contribution in [3.63, 3.8) is 0 Å². The fourth-order valence-corrected chi connectivity index (χ4v) is 3.47. The number of rotatable bonds is 10. The first kappa shape index (κ1) is 20.8. The minimum atomic E-state index is -0.450. The van der Waals surface area contributed by atoms with Crippen LogP contribution in [0.5, 0.6) is 0 Å². The Balaban J connectivity index is 1.60. The van der Waals surface area contributed by atoms with Crippen molar-refractivity contribution in [3.05, 3.63) is 78.5 Å². The van der Waals surface area contributed by atoms with E-state index in [9.17, 15) is 4.79 Å². The summed E-state index contributed by atoms with van der Waals surface area (Å²) in [7, 11) is 0. The van der Waals surface area contributed by atoms with Gasteiger partial charge in [0.05, 0.1) is 6.61 Å². The summed E-state index contributed by atoms with van der Waals surface area (Å²) in [5.41, 5.74) is 2.06. The topological polar surface area (TPSA) is 76.1 Å². The Labute approximate surface area is 175 Å². The van der Waals surface area contributed by atoms with E-state index < -0.39 is 6.04 Å². The zero-order valence-corrected chi connectivity index (χ0v) is 17.1. The third-order valence-corrected chi connectivity index (χ3v) is 4.98. The molecule has 7 heteroatoms. The molecule has 3 rings (SSSR count). The lowest BCUT2D eigenvalue weighted by Crippen LogP contribution is -2.39. The maximum atomic E-state index is 12.3. The van der Waals surface area contributed by atoms with E-state index in [1.807, 2.05) is 66.7 Å². The number of hydrogen-bond acceptors (Lipinski definition) is 7. The Morgan fingerprint density at radius 2 is 1.79 bits per heavy atom. The number of nitrogens with zero attached hydrogens (tertiary/aromatic N) is 2. The molecule has 2 aromatic carbocycles. The number of aromatic nitrogens is 2. The summed E-state index contributed by atoms with van der Waals surface area (Å²) in [5, 5.41) is 7.13. The highest BCUT2D eigenvalue weighted by atomic mass is 32.2. The van der Waals surface area contributed by atoms with Gasteiger partial charge in [0.1, 0.15) is 11.9 Å². The maximum Gasteiger partial charge on any atom is 0.324 e. The van der Waals surface area contributed by atoms with Crippen LogP contribution in [0.4, 0.5) is 11.5 Å². The van der Waals surface area contributed by atoms with Gasteiger partial charge < -0.3 is 10.1 Å². The standard InChI is InChI=1S/C22H24N4O2S/c1-2-28-21(27)19(24-15-17-9-5-3-6-10-17)16-29-22-23-14-13-20(26-22)25-18-11-7-4-8-12-18/h3-14,19,24H,2,15-16H2,1H3,(H,23,25,26)/t19-/m0/s1. The zero-order valence-electron chi connectivity index (χ0n) is 16.2. The van der Waals surface area contributed by atoms with Crippen molar-refractivity contribution in [2.24, 2.45) is 0 Å². The van der Waals surface area contributed by atoms with Gasteiger partial charge in [-0.05, 0) is 30.7 Å². The highest BCUT2D eigenvalue weighted by Gasteiger charge is 2.20. The molecule has 0 unspecified atom stereocenters. The highest BCUT2D eigenvalue weighted by Crippen LogP contribution is 2.19. The molecule has 0 aliphatic rings. The molecule has 150 valence electrons. The molecule has 0 fully saturated rings. The number of thioether (sulfide) groups is 1. The monoisotopic (exact) mass is 408 g/mol. The summed E-state index contributed by atoms with van der Waals surface area (Å²) in [5.74, 6) is 0.911. The number of nitrogens with one attached hydrogen (secondary N) is 2. The molecule has 6 nitrogen and oxygen atoms in total. The zero-order chi connectivity index (χ0) is 20.3. The second kappa shape index (κ2) is 11.2. The Morgan fingerprint density at radius 3 is 2.52 bits per heavy atom. The van der Waals surface area contributed by atoms with Gasteiger partial charge in [0.25, 0.3) is 0 Å². The molecular formula is C22H24N4O2S. The molecule has 0 aliphatic heterocycles. The number of esters is 1. The molecule has 0 saturated heterocycles. The molecule has 3 aromatic rings. The second-order valence-electron chi connectivity index (χ2n) is 6.20. The normalized spacial score (nSPS) is 11.6. The van der Waals surface area contributed by atoms with Gasteiger partial charge in [-0.1, -0.05) is 60.3 Å². The fourth-order valence-electron chi connectivity index (χ4n) is 2.60. The van der Waals surface area contributed by atoms with Crippen LogP contribution in [0.1, 0.15) is 12.5 Å². The Bertz CT molecular complexity index is 894.